The maximum Gasteiger partial charge on any atom is 0.232 e. The SMILES string of the molecule is N#Cc1ccccc1NC(=O)C(Cc1cccnc1)c1ccc(F)cc1. The van der Waals surface area contributed by atoms with Crippen LogP contribution in [-0.2, 0) is 11.2 Å². The second-order valence-corrected chi connectivity index (χ2v) is 5.82. The van der Waals surface area contributed by atoms with E-state index in [4.69, 9.17) is 0 Å². The van der Waals surface area contributed by atoms with E-state index in [1.54, 1.807) is 54.9 Å². The van der Waals surface area contributed by atoms with Crippen molar-refractivity contribution in [2.75, 3.05) is 5.32 Å². The highest BCUT2D eigenvalue weighted by atomic mass is 19.1. The van der Waals surface area contributed by atoms with Crippen molar-refractivity contribution in [2.45, 2.75) is 12.3 Å². The van der Waals surface area contributed by atoms with Crippen LogP contribution < -0.4 is 5.32 Å². The maximum absolute atomic E-state index is 13.3. The number of amides is 1. The van der Waals surface area contributed by atoms with Crippen molar-refractivity contribution in [3.8, 4) is 6.07 Å². The van der Waals surface area contributed by atoms with Gasteiger partial charge < -0.3 is 5.32 Å². The number of rotatable bonds is 5. The fourth-order valence-corrected chi connectivity index (χ4v) is 2.72. The smallest absolute Gasteiger partial charge is 0.232 e. The minimum Gasteiger partial charge on any atom is -0.324 e. The predicted molar refractivity (Wildman–Crippen MR) is 96.9 cm³/mol. The van der Waals surface area contributed by atoms with Gasteiger partial charge in [0.05, 0.1) is 17.2 Å². The van der Waals surface area contributed by atoms with Crippen LogP contribution in [0.2, 0.25) is 0 Å². The molecule has 26 heavy (non-hydrogen) atoms. The summed E-state index contributed by atoms with van der Waals surface area (Å²) in [5, 5.41) is 12.0. The van der Waals surface area contributed by atoms with Crippen LogP contribution in [0.1, 0.15) is 22.6 Å². The van der Waals surface area contributed by atoms with Crippen LogP contribution in [0.25, 0.3) is 0 Å². The molecule has 3 aromatic rings. The van der Waals surface area contributed by atoms with Crippen molar-refractivity contribution in [1.82, 2.24) is 4.98 Å². The molecule has 0 radical (unpaired) electrons. The highest BCUT2D eigenvalue weighted by Crippen LogP contribution is 2.24. The number of halogens is 1. The Morgan fingerprint density at radius 3 is 2.58 bits per heavy atom. The van der Waals surface area contributed by atoms with E-state index in [1.165, 1.54) is 12.1 Å². The van der Waals surface area contributed by atoms with E-state index in [0.717, 1.165) is 5.56 Å². The lowest BCUT2D eigenvalue weighted by Gasteiger charge is -2.18. The lowest BCUT2D eigenvalue weighted by Crippen LogP contribution is -2.23. The fourth-order valence-electron chi connectivity index (χ4n) is 2.72. The number of aromatic nitrogens is 1. The Morgan fingerprint density at radius 2 is 1.88 bits per heavy atom. The Balaban J connectivity index is 1.90. The third-order valence-electron chi connectivity index (χ3n) is 4.06. The normalized spacial score (nSPS) is 11.4. The zero-order valence-corrected chi connectivity index (χ0v) is 13.9. The summed E-state index contributed by atoms with van der Waals surface area (Å²) in [5.74, 6) is -1.15. The number of benzene rings is 2. The number of nitrogens with zero attached hydrogens (tertiary/aromatic N) is 2. The van der Waals surface area contributed by atoms with Gasteiger partial charge in [0.15, 0.2) is 0 Å². The van der Waals surface area contributed by atoms with Gasteiger partial charge in [-0.3, -0.25) is 9.78 Å². The third kappa shape index (κ3) is 4.11. The monoisotopic (exact) mass is 345 g/mol. The van der Waals surface area contributed by atoms with E-state index < -0.39 is 5.92 Å². The van der Waals surface area contributed by atoms with Crippen LogP contribution >= 0.6 is 0 Å². The number of pyridine rings is 1. The second-order valence-electron chi connectivity index (χ2n) is 5.82. The van der Waals surface area contributed by atoms with Gasteiger partial charge in [-0.25, -0.2) is 4.39 Å². The average Bonchev–Trinajstić information content (AvgIpc) is 2.68. The number of carbonyl (C=O) groups is 1. The molecule has 5 heteroatoms. The minimum atomic E-state index is -0.536. The first kappa shape index (κ1) is 17.3. The summed E-state index contributed by atoms with van der Waals surface area (Å²) in [6, 6.07) is 18.5. The van der Waals surface area contributed by atoms with Crippen LogP contribution in [0.5, 0.6) is 0 Å². The van der Waals surface area contributed by atoms with Gasteiger partial charge in [-0.2, -0.15) is 5.26 Å². The second kappa shape index (κ2) is 8.04. The maximum atomic E-state index is 13.3. The molecular formula is C21H16FN3O. The van der Waals surface area contributed by atoms with Crippen molar-refractivity contribution in [1.29, 1.82) is 5.26 Å². The molecule has 0 aliphatic rings. The lowest BCUT2D eigenvalue weighted by atomic mass is 9.91. The first-order valence-electron chi connectivity index (χ1n) is 8.11. The Hall–Kier alpha value is -3.52. The molecule has 0 saturated heterocycles. The van der Waals surface area contributed by atoms with Crippen LogP contribution in [0.15, 0.2) is 73.1 Å². The van der Waals surface area contributed by atoms with Crippen molar-refractivity contribution in [3.05, 3.63) is 95.6 Å². The molecule has 128 valence electrons. The summed E-state index contributed by atoms with van der Waals surface area (Å²) in [6.07, 6.45) is 3.78. The molecule has 0 aliphatic heterocycles. The molecular weight excluding hydrogens is 329 g/mol. The molecule has 0 spiro atoms. The molecule has 1 N–H and O–H groups in total. The number of nitrogens with one attached hydrogen (secondary N) is 1. The van der Waals surface area contributed by atoms with E-state index in [9.17, 15) is 14.4 Å². The van der Waals surface area contributed by atoms with Crippen LogP contribution in [-0.4, -0.2) is 10.9 Å². The molecule has 3 rings (SSSR count). The van der Waals surface area contributed by atoms with Gasteiger partial charge in [0.25, 0.3) is 0 Å². The summed E-state index contributed by atoms with van der Waals surface area (Å²) in [4.78, 5) is 17.0. The molecule has 0 saturated carbocycles. The van der Waals surface area contributed by atoms with Gasteiger partial charge in [-0.05, 0) is 47.9 Å². The molecule has 0 fully saturated rings. The Bertz CT molecular complexity index is 933. The summed E-state index contributed by atoms with van der Waals surface area (Å²) in [6.45, 7) is 0. The zero-order valence-electron chi connectivity index (χ0n) is 13.9. The number of para-hydroxylation sites is 1. The molecule has 1 heterocycles. The third-order valence-corrected chi connectivity index (χ3v) is 4.06. The first-order chi connectivity index (χ1) is 12.7. The molecule has 1 atom stereocenters. The highest BCUT2D eigenvalue weighted by Gasteiger charge is 2.22. The van der Waals surface area contributed by atoms with E-state index in [2.05, 4.69) is 16.4 Å². The molecule has 1 aromatic heterocycles. The number of hydrogen-bond acceptors (Lipinski definition) is 3. The van der Waals surface area contributed by atoms with Crippen LogP contribution in [0.4, 0.5) is 10.1 Å². The molecule has 1 unspecified atom stereocenters. The Kier molecular flexibility index (Phi) is 5.35. The largest absolute Gasteiger partial charge is 0.324 e. The summed E-state index contributed by atoms with van der Waals surface area (Å²) in [7, 11) is 0. The fraction of sp³-hybridized carbons (Fsp3) is 0.0952. The van der Waals surface area contributed by atoms with Gasteiger partial charge in [-0.1, -0.05) is 30.3 Å². The van der Waals surface area contributed by atoms with Gasteiger partial charge in [0, 0.05) is 12.4 Å². The van der Waals surface area contributed by atoms with E-state index in [0.29, 0.717) is 23.2 Å². The lowest BCUT2D eigenvalue weighted by molar-refractivity contribution is -0.117. The quantitative estimate of drug-likeness (QED) is 0.758. The molecule has 2 aromatic carbocycles. The zero-order chi connectivity index (χ0) is 18.4. The average molecular weight is 345 g/mol. The number of hydrogen-bond donors (Lipinski definition) is 1. The highest BCUT2D eigenvalue weighted by molar-refractivity contribution is 5.97. The first-order valence-corrected chi connectivity index (χ1v) is 8.11. The van der Waals surface area contributed by atoms with Crippen molar-refractivity contribution in [2.24, 2.45) is 0 Å². The van der Waals surface area contributed by atoms with Crippen LogP contribution in [0, 0.1) is 17.1 Å². The van der Waals surface area contributed by atoms with Crippen LogP contribution in [0.3, 0.4) is 0 Å². The Labute approximate surface area is 150 Å². The number of carbonyl (C=O) groups excluding carboxylic acids is 1. The van der Waals surface area contributed by atoms with E-state index >= 15 is 0 Å². The van der Waals surface area contributed by atoms with Crippen molar-refractivity contribution in [3.63, 3.8) is 0 Å². The number of anilines is 1. The molecule has 0 bridgehead atoms. The Morgan fingerprint density at radius 1 is 1.12 bits per heavy atom. The van der Waals surface area contributed by atoms with Gasteiger partial charge in [0.1, 0.15) is 11.9 Å². The minimum absolute atomic E-state index is 0.261. The van der Waals surface area contributed by atoms with E-state index in [1.807, 2.05) is 6.07 Å². The standard InChI is InChI=1S/C21H16FN3O/c22-18-9-7-16(8-10-18)19(12-15-4-3-11-24-14-15)21(26)25-20-6-2-1-5-17(20)13-23/h1-11,14,19H,12H2,(H,25,26). The molecule has 0 aliphatic carbocycles. The van der Waals surface area contributed by atoms with E-state index in [-0.39, 0.29) is 11.7 Å². The van der Waals surface area contributed by atoms with Gasteiger partial charge in [0.2, 0.25) is 5.91 Å². The van der Waals surface area contributed by atoms with Crippen molar-refractivity contribution >= 4 is 11.6 Å². The molecule has 1 amide bonds. The van der Waals surface area contributed by atoms with Crippen molar-refractivity contribution < 1.29 is 9.18 Å². The summed E-state index contributed by atoms with van der Waals surface area (Å²) in [5.41, 5.74) is 2.44. The molecule has 4 nitrogen and oxygen atoms in total. The van der Waals surface area contributed by atoms with Gasteiger partial charge in [-0.15, -0.1) is 0 Å². The topological polar surface area (TPSA) is 65.8 Å². The summed E-state index contributed by atoms with van der Waals surface area (Å²) >= 11 is 0. The van der Waals surface area contributed by atoms with Gasteiger partial charge >= 0.3 is 0 Å². The predicted octanol–water partition coefficient (Wildman–Crippen LogP) is 4.06. The summed E-state index contributed by atoms with van der Waals surface area (Å²) < 4.78 is 13.3. The number of nitriles is 1.